The summed E-state index contributed by atoms with van der Waals surface area (Å²) >= 11 is 0. The van der Waals surface area contributed by atoms with Gasteiger partial charge in [-0.1, -0.05) is 50.2 Å². The predicted molar refractivity (Wildman–Crippen MR) is 137 cm³/mol. The Balaban J connectivity index is 2.09. The summed E-state index contributed by atoms with van der Waals surface area (Å²) in [6.07, 6.45) is -3.78. The quantitative estimate of drug-likeness (QED) is 0.452. The van der Waals surface area contributed by atoms with Crippen LogP contribution in [0.5, 0.6) is 0 Å². The van der Waals surface area contributed by atoms with Gasteiger partial charge in [0.25, 0.3) is 0 Å². The molecule has 11 heteroatoms. The van der Waals surface area contributed by atoms with E-state index >= 15 is 0 Å². The molecule has 0 spiro atoms. The van der Waals surface area contributed by atoms with E-state index in [2.05, 4.69) is 0 Å². The number of carbonyl (C=O) groups excluding carboxylic acids is 2. The number of halogens is 3. The third kappa shape index (κ3) is 6.74. The smallest absolute Gasteiger partial charge is 0.408 e. The van der Waals surface area contributed by atoms with Crippen molar-refractivity contribution in [1.29, 1.82) is 0 Å². The van der Waals surface area contributed by atoms with Crippen molar-refractivity contribution in [2.24, 2.45) is 11.7 Å². The van der Waals surface area contributed by atoms with Crippen LogP contribution in [-0.4, -0.2) is 55.3 Å². The maximum Gasteiger partial charge on any atom is 0.408 e. The van der Waals surface area contributed by atoms with Crippen molar-refractivity contribution in [2.75, 3.05) is 6.26 Å². The highest BCUT2D eigenvalue weighted by atomic mass is 32.2. The largest absolute Gasteiger partial charge is 0.458 e. The van der Waals surface area contributed by atoms with Gasteiger partial charge in [0, 0.05) is 12.7 Å². The molecule has 1 heterocycles. The summed E-state index contributed by atoms with van der Waals surface area (Å²) in [4.78, 5) is 26.3. The van der Waals surface area contributed by atoms with E-state index in [1.807, 2.05) is 0 Å². The Hall–Kier alpha value is -2.92. The SMILES string of the molecule is CC(C)C[C@@H](C(N)=O)N(C1CC(C)(C)OC1=O)[C@@H](c1ccc(-c2ccc(S(C)(=O)=O)cc2)cc1)C(F)(F)F. The lowest BCUT2D eigenvalue weighted by Gasteiger charge is -2.41. The number of carbonyl (C=O) groups is 2. The summed E-state index contributed by atoms with van der Waals surface area (Å²) in [7, 11) is -3.40. The van der Waals surface area contributed by atoms with Crippen LogP contribution >= 0.6 is 0 Å². The molecule has 0 saturated carbocycles. The minimum Gasteiger partial charge on any atom is -0.458 e. The lowest BCUT2D eigenvalue weighted by molar-refractivity contribution is -0.201. The number of cyclic esters (lactones) is 1. The average Bonchev–Trinajstić information content (AvgIpc) is 3.06. The van der Waals surface area contributed by atoms with Gasteiger partial charge in [-0.15, -0.1) is 0 Å². The van der Waals surface area contributed by atoms with E-state index in [0.717, 1.165) is 11.2 Å². The fourth-order valence-corrected chi connectivity index (χ4v) is 5.48. The highest BCUT2D eigenvalue weighted by Gasteiger charge is 2.55. The standard InChI is InChI=1S/C27H33F3N2O5S/c1-16(2)14-21(24(31)33)32(22-15-26(3,4)37-25(22)34)23(27(28,29)30)19-8-6-17(7-9-19)18-10-12-20(13-11-18)38(5,35)36/h6-13,16,21-23H,14-15H2,1-5H3,(H2,31,33)/t21-,22?,23-/m0/s1. The molecule has 0 aromatic heterocycles. The Morgan fingerprint density at radius 2 is 1.58 bits per heavy atom. The molecule has 1 unspecified atom stereocenters. The number of esters is 1. The summed E-state index contributed by atoms with van der Waals surface area (Å²) in [6.45, 7) is 6.74. The second kappa shape index (κ2) is 10.7. The number of amides is 1. The second-order valence-electron chi connectivity index (χ2n) is 10.8. The van der Waals surface area contributed by atoms with Crippen LogP contribution in [0.2, 0.25) is 0 Å². The molecule has 0 radical (unpaired) electrons. The first-order valence-corrected chi connectivity index (χ1v) is 14.1. The summed E-state index contributed by atoms with van der Waals surface area (Å²) in [6, 6.07) is 6.57. The van der Waals surface area contributed by atoms with Gasteiger partial charge in [0.2, 0.25) is 5.91 Å². The van der Waals surface area contributed by atoms with Gasteiger partial charge in [-0.25, -0.2) is 8.42 Å². The van der Waals surface area contributed by atoms with Gasteiger partial charge in [-0.05, 0) is 55.0 Å². The van der Waals surface area contributed by atoms with Crippen LogP contribution < -0.4 is 5.73 Å². The van der Waals surface area contributed by atoms with Gasteiger partial charge in [0.1, 0.15) is 17.7 Å². The number of nitrogens with two attached hydrogens (primary N) is 1. The molecule has 38 heavy (non-hydrogen) atoms. The molecule has 208 valence electrons. The molecule has 0 aliphatic carbocycles. The van der Waals surface area contributed by atoms with Crippen LogP contribution in [0.3, 0.4) is 0 Å². The van der Waals surface area contributed by atoms with Crippen molar-refractivity contribution >= 4 is 21.7 Å². The number of benzene rings is 2. The van der Waals surface area contributed by atoms with Crippen LogP contribution in [0, 0.1) is 5.92 Å². The molecule has 1 amide bonds. The number of sulfone groups is 1. The number of rotatable bonds is 9. The number of hydrogen-bond acceptors (Lipinski definition) is 6. The molecule has 1 fully saturated rings. The maximum absolute atomic E-state index is 14.8. The van der Waals surface area contributed by atoms with Gasteiger partial charge in [0.05, 0.1) is 10.9 Å². The van der Waals surface area contributed by atoms with E-state index in [9.17, 15) is 31.2 Å². The summed E-state index contributed by atoms with van der Waals surface area (Å²) in [5.74, 6) is -1.96. The van der Waals surface area contributed by atoms with E-state index < -0.39 is 51.6 Å². The minimum absolute atomic E-state index is 0.0247. The molecule has 7 nitrogen and oxygen atoms in total. The van der Waals surface area contributed by atoms with Gasteiger partial charge in [-0.3, -0.25) is 14.5 Å². The molecule has 1 aliphatic heterocycles. The third-order valence-electron chi connectivity index (χ3n) is 6.53. The van der Waals surface area contributed by atoms with Crippen LogP contribution in [0.1, 0.15) is 52.1 Å². The molecular formula is C27H33F3N2O5S. The van der Waals surface area contributed by atoms with Crippen molar-refractivity contribution in [1.82, 2.24) is 4.90 Å². The first-order valence-electron chi connectivity index (χ1n) is 12.2. The van der Waals surface area contributed by atoms with Gasteiger partial charge < -0.3 is 10.5 Å². The van der Waals surface area contributed by atoms with Crippen molar-refractivity contribution < 1.29 is 35.9 Å². The molecule has 3 rings (SSSR count). The van der Waals surface area contributed by atoms with E-state index in [1.54, 1.807) is 39.8 Å². The summed E-state index contributed by atoms with van der Waals surface area (Å²) in [5.41, 5.74) is 5.64. The van der Waals surface area contributed by atoms with Gasteiger partial charge in [0.15, 0.2) is 9.84 Å². The van der Waals surface area contributed by atoms with Crippen LogP contribution in [0.25, 0.3) is 11.1 Å². The molecular weight excluding hydrogens is 521 g/mol. The third-order valence-corrected chi connectivity index (χ3v) is 7.66. The van der Waals surface area contributed by atoms with Crippen molar-refractivity contribution in [3.63, 3.8) is 0 Å². The molecule has 3 atom stereocenters. The lowest BCUT2D eigenvalue weighted by atomic mass is 9.91. The first-order chi connectivity index (χ1) is 17.4. The van der Waals surface area contributed by atoms with Gasteiger partial charge in [-0.2, -0.15) is 13.2 Å². The molecule has 2 N–H and O–H groups in total. The highest BCUT2D eigenvalue weighted by Crippen LogP contribution is 2.44. The Kier molecular flexibility index (Phi) is 8.33. The minimum atomic E-state index is -4.85. The molecule has 0 bridgehead atoms. The summed E-state index contributed by atoms with van der Waals surface area (Å²) < 4.78 is 73.1. The van der Waals surface area contributed by atoms with Crippen molar-refractivity contribution in [3.8, 4) is 11.1 Å². The zero-order valence-corrected chi connectivity index (χ0v) is 22.8. The predicted octanol–water partition coefficient (Wildman–Crippen LogP) is 4.66. The Morgan fingerprint density at radius 3 is 1.95 bits per heavy atom. The number of alkyl halides is 3. The Bertz CT molecular complexity index is 1270. The first kappa shape index (κ1) is 29.6. The fourth-order valence-electron chi connectivity index (χ4n) is 4.85. The normalized spacial score (nSPS) is 19.4. The molecule has 1 aliphatic rings. The highest BCUT2D eigenvalue weighted by molar-refractivity contribution is 7.90. The fraction of sp³-hybridized carbons (Fsp3) is 0.481. The number of hydrogen-bond donors (Lipinski definition) is 1. The molecule has 2 aromatic carbocycles. The lowest BCUT2D eigenvalue weighted by Crippen LogP contribution is -2.56. The van der Waals surface area contributed by atoms with E-state index in [1.165, 1.54) is 36.4 Å². The van der Waals surface area contributed by atoms with Gasteiger partial charge >= 0.3 is 12.1 Å². The van der Waals surface area contributed by atoms with E-state index in [-0.39, 0.29) is 29.2 Å². The number of ether oxygens (including phenoxy) is 1. The van der Waals surface area contributed by atoms with E-state index in [4.69, 9.17) is 10.5 Å². The second-order valence-corrected chi connectivity index (χ2v) is 12.8. The van der Waals surface area contributed by atoms with Crippen LogP contribution in [0.15, 0.2) is 53.4 Å². The molecule has 2 aromatic rings. The Morgan fingerprint density at radius 1 is 1.08 bits per heavy atom. The van der Waals surface area contributed by atoms with Crippen LogP contribution in [-0.2, 0) is 24.2 Å². The maximum atomic E-state index is 14.8. The molecule has 1 saturated heterocycles. The van der Waals surface area contributed by atoms with Crippen molar-refractivity contribution in [3.05, 3.63) is 54.1 Å². The monoisotopic (exact) mass is 554 g/mol. The summed E-state index contributed by atoms with van der Waals surface area (Å²) in [5, 5.41) is 0. The zero-order valence-electron chi connectivity index (χ0n) is 22.0. The number of nitrogens with zero attached hydrogens (tertiary/aromatic N) is 1. The zero-order chi connectivity index (χ0) is 28.6. The Labute approximate surface area is 221 Å². The van der Waals surface area contributed by atoms with Crippen LogP contribution in [0.4, 0.5) is 13.2 Å². The average molecular weight is 555 g/mol. The van der Waals surface area contributed by atoms with E-state index in [0.29, 0.717) is 11.1 Å². The number of primary amides is 1. The topological polar surface area (TPSA) is 107 Å². The van der Waals surface area contributed by atoms with Crippen molar-refractivity contribution in [2.45, 2.75) is 75.3 Å².